The smallest absolute Gasteiger partial charge is 0.303 e. The lowest BCUT2D eigenvalue weighted by atomic mass is 9.91. The van der Waals surface area contributed by atoms with E-state index in [-0.39, 0.29) is 18.4 Å². The highest BCUT2D eigenvalue weighted by molar-refractivity contribution is 5.66. The van der Waals surface area contributed by atoms with Crippen molar-refractivity contribution in [3.63, 3.8) is 0 Å². The normalized spacial score (nSPS) is 12.2. The zero-order chi connectivity index (χ0) is 14.0. The topological polar surface area (TPSA) is 104 Å². The maximum absolute atomic E-state index is 10.5. The van der Waals surface area contributed by atoms with E-state index in [0.717, 1.165) is 5.69 Å². The zero-order valence-electron chi connectivity index (χ0n) is 11.1. The number of aliphatic hydroxyl groups excluding tert-OH is 1. The molecule has 0 bridgehead atoms. The third kappa shape index (κ3) is 2.76. The molecule has 0 fully saturated rings. The summed E-state index contributed by atoms with van der Waals surface area (Å²) in [7, 11) is 0. The second kappa shape index (κ2) is 5.00. The van der Waals surface area contributed by atoms with Gasteiger partial charge in [-0.1, -0.05) is 13.8 Å². The number of aromatic amines is 1. The Balaban J connectivity index is 2.20. The molecular weight excluding hydrogens is 248 g/mol. The number of nitrogens with zero attached hydrogens (tertiary/aromatic N) is 3. The molecule has 0 aliphatic rings. The van der Waals surface area contributed by atoms with Gasteiger partial charge in [-0.05, 0) is 6.42 Å². The second-order valence-electron chi connectivity index (χ2n) is 5.27. The molecule has 0 radical (unpaired) electrons. The van der Waals surface area contributed by atoms with E-state index in [0.29, 0.717) is 24.3 Å². The van der Waals surface area contributed by atoms with Crippen LogP contribution in [0.2, 0.25) is 0 Å². The van der Waals surface area contributed by atoms with Crippen LogP contribution in [0.3, 0.4) is 0 Å². The van der Waals surface area contributed by atoms with Crippen LogP contribution in [-0.4, -0.2) is 42.6 Å². The van der Waals surface area contributed by atoms with E-state index < -0.39 is 5.97 Å². The molecule has 0 spiro atoms. The maximum atomic E-state index is 10.5. The summed E-state index contributed by atoms with van der Waals surface area (Å²) in [5, 5.41) is 29.2. The summed E-state index contributed by atoms with van der Waals surface area (Å²) in [6.45, 7) is 3.88. The fourth-order valence-electron chi connectivity index (χ4n) is 1.82. The van der Waals surface area contributed by atoms with E-state index in [1.165, 1.54) is 0 Å². The van der Waals surface area contributed by atoms with Gasteiger partial charge in [0.05, 0.1) is 6.61 Å². The summed E-state index contributed by atoms with van der Waals surface area (Å²) in [6, 6.07) is 1.85. The minimum absolute atomic E-state index is 0.0262. The summed E-state index contributed by atoms with van der Waals surface area (Å²) in [6.07, 6.45) is 1.19. The Labute approximate surface area is 110 Å². The molecule has 0 amide bonds. The first-order valence-electron chi connectivity index (χ1n) is 6.20. The molecule has 7 nitrogen and oxygen atoms in total. The van der Waals surface area contributed by atoms with Crippen LogP contribution in [0.5, 0.6) is 0 Å². The minimum Gasteiger partial charge on any atom is -0.481 e. The molecule has 3 N–H and O–H groups in total. The Morgan fingerprint density at radius 3 is 2.84 bits per heavy atom. The Hall–Kier alpha value is -1.89. The van der Waals surface area contributed by atoms with Crippen molar-refractivity contribution in [1.29, 1.82) is 0 Å². The standard InChI is InChI=1S/C12H18N4O3/c1-12(2,7-17)8-6-10-14-13-9(16(10)15-8)4-3-5-11(18)19/h6,15,17H,3-5,7H2,1-2H3,(H,18,19). The molecule has 2 aromatic heterocycles. The number of H-pyrrole nitrogens is 1. The van der Waals surface area contributed by atoms with Crippen LogP contribution >= 0.6 is 0 Å². The number of aliphatic carboxylic acids is 1. The number of fused-ring (bicyclic) bond motifs is 1. The lowest BCUT2D eigenvalue weighted by Crippen LogP contribution is -2.22. The number of aromatic nitrogens is 4. The molecule has 2 rings (SSSR count). The Morgan fingerprint density at radius 1 is 1.47 bits per heavy atom. The summed E-state index contributed by atoms with van der Waals surface area (Å²) in [5.41, 5.74) is 1.18. The van der Waals surface area contributed by atoms with Gasteiger partial charge in [-0.2, -0.15) is 0 Å². The quantitative estimate of drug-likeness (QED) is 0.715. The number of aryl methyl sites for hydroxylation is 1. The van der Waals surface area contributed by atoms with Crippen LogP contribution in [0.25, 0.3) is 5.65 Å². The predicted molar refractivity (Wildman–Crippen MR) is 68.0 cm³/mol. The van der Waals surface area contributed by atoms with Crippen LogP contribution in [-0.2, 0) is 16.6 Å². The van der Waals surface area contributed by atoms with Crippen molar-refractivity contribution in [2.45, 2.75) is 38.5 Å². The minimum atomic E-state index is -0.811. The molecular formula is C12H18N4O3. The van der Waals surface area contributed by atoms with Crippen molar-refractivity contribution in [1.82, 2.24) is 19.8 Å². The molecule has 0 aliphatic carbocycles. The van der Waals surface area contributed by atoms with Crippen molar-refractivity contribution in [2.24, 2.45) is 0 Å². The van der Waals surface area contributed by atoms with Crippen LogP contribution in [0, 0.1) is 0 Å². The maximum Gasteiger partial charge on any atom is 0.303 e. The average Bonchev–Trinajstić information content (AvgIpc) is 2.90. The first-order valence-corrected chi connectivity index (χ1v) is 6.20. The highest BCUT2D eigenvalue weighted by Gasteiger charge is 2.23. The first kappa shape index (κ1) is 13.5. The van der Waals surface area contributed by atoms with Crippen molar-refractivity contribution in [3.05, 3.63) is 17.6 Å². The number of carboxylic acids is 1. The van der Waals surface area contributed by atoms with Crippen molar-refractivity contribution in [3.8, 4) is 0 Å². The van der Waals surface area contributed by atoms with Crippen molar-refractivity contribution in [2.75, 3.05) is 6.61 Å². The number of nitrogens with one attached hydrogen (secondary N) is 1. The van der Waals surface area contributed by atoms with Gasteiger partial charge in [0.2, 0.25) is 0 Å². The van der Waals surface area contributed by atoms with Gasteiger partial charge < -0.3 is 10.2 Å². The fraction of sp³-hybridized carbons (Fsp3) is 0.583. The predicted octanol–water partition coefficient (Wildman–Crippen LogP) is 0.735. The fourth-order valence-corrected chi connectivity index (χ4v) is 1.82. The molecule has 0 aromatic carbocycles. The third-order valence-corrected chi connectivity index (χ3v) is 3.18. The van der Waals surface area contributed by atoms with Gasteiger partial charge in [0.25, 0.3) is 0 Å². The molecule has 7 heteroatoms. The van der Waals surface area contributed by atoms with Crippen LogP contribution in [0.4, 0.5) is 0 Å². The van der Waals surface area contributed by atoms with Gasteiger partial charge in [0, 0.05) is 30.0 Å². The van der Waals surface area contributed by atoms with E-state index in [9.17, 15) is 9.90 Å². The molecule has 19 heavy (non-hydrogen) atoms. The molecule has 2 aromatic rings. The summed E-state index contributed by atoms with van der Waals surface area (Å²) >= 11 is 0. The van der Waals surface area contributed by atoms with E-state index in [4.69, 9.17) is 5.11 Å². The van der Waals surface area contributed by atoms with Gasteiger partial charge in [-0.15, -0.1) is 10.2 Å². The average molecular weight is 266 g/mol. The Kier molecular flexibility index (Phi) is 3.57. The molecule has 0 unspecified atom stereocenters. The molecule has 104 valence electrons. The van der Waals surface area contributed by atoms with Crippen LogP contribution in [0.1, 0.15) is 38.2 Å². The highest BCUT2D eigenvalue weighted by Crippen LogP contribution is 2.22. The van der Waals surface area contributed by atoms with Crippen LogP contribution in [0.15, 0.2) is 6.07 Å². The Morgan fingerprint density at radius 2 is 2.21 bits per heavy atom. The van der Waals surface area contributed by atoms with Gasteiger partial charge in [-0.3, -0.25) is 9.89 Å². The lowest BCUT2D eigenvalue weighted by Gasteiger charge is -2.19. The monoisotopic (exact) mass is 266 g/mol. The van der Waals surface area contributed by atoms with Crippen molar-refractivity contribution >= 4 is 11.6 Å². The van der Waals surface area contributed by atoms with Gasteiger partial charge in [0.15, 0.2) is 11.5 Å². The van der Waals surface area contributed by atoms with Crippen LogP contribution < -0.4 is 0 Å². The number of hydrogen-bond acceptors (Lipinski definition) is 4. The van der Waals surface area contributed by atoms with E-state index in [1.54, 1.807) is 4.52 Å². The molecule has 0 saturated carbocycles. The zero-order valence-corrected chi connectivity index (χ0v) is 11.1. The molecule has 0 aliphatic heterocycles. The van der Waals surface area contributed by atoms with E-state index in [2.05, 4.69) is 15.3 Å². The summed E-state index contributed by atoms with van der Waals surface area (Å²) in [4.78, 5) is 10.5. The SMILES string of the molecule is CC(C)(CO)c1cc2nnc(CCCC(=O)O)n2[nH]1. The third-order valence-electron chi connectivity index (χ3n) is 3.18. The summed E-state index contributed by atoms with van der Waals surface area (Å²) < 4.78 is 1.74. The number of aliphatic hydroxyl groups is 1. The largest absolute Gasteiger partial charge is 0.481 e. The molecule has 2 heterocycles. The van der Waals surface area contributed by atoms with Gasteiger partial charge in [0.1, 0.15) is 0 Å². The lowest BCUT2D eigenvalue weighted by molar-refractivity contribution is -0.137. The second-order valence-corrected chi connectivity index (χ2v) is 5.27. The highest BCUT2D eigenvalue weighted by atomic mass is 16.4. The first-order chi connectivity index (χ1) is 8.94. The number of carboxylic acid groups (broad SMARTS) is 1. The van der Waals surface area contributed by atoms with Gasteiger partial charge in [-0.25, -0.2) is 4.52 Å². The van der Waals surface area contributed by atoms with Gasteiger partial charge >= 0.3 is 5.97 Å². The number of rotatable bonds is 6. The molecule has 0 atom stereocenters. The number of carbonyl (C=O) groups is 1. The van der Waals surface area contributed by atoms with E-state index in [1.807, 2.05) is 19.9 Å². The Bertz CT molecular complexity index is 585. The summed E-state index contributed by atoms with van der Waals surface area (Å²) in [5.74, 6) is -0.106. The molecule has 0 saturated heterocycles. The van der Waals surface area contributed by atoms with Crippen molar-refractivity contribution < 1.29 is 15.0 Å². The van der Waals surface area contributed by atoms with E-state index >= 15 is 0 Å². The number of hydrogen-bond donors (Lipinski definition) is 3.